The van der Waals surface area contributed by atoms with E-state index in [0.717, 1.165) is 18.1 Å². The van der Waals surface area contributed by atoms with Crippen LogP contribution in [-0.2, 0) is 14.3 Å². The Morgan fingerprint density at radius 1 is 1.48 bits per heavy atom. The average Bonchev–Trinajstić information content (AvgIpc) is 2.53. The minimum atomic E-state index is -1.38. The second-order valence-corrected chi connectivity index (χ2v) is 5.22. The molecule has 0 spiro atoms. The van der Waals surface area contributed by atoms with E-state index >= 15 is 0 Å². The predicted octanol–water partition coefficient (Wildman–Crippen LogP) is -0.676. The highest BCUT2D eigenvalue weighted by Gasteiger charge is 2.29. The molecule has 1 unspecified atom stereocenters. The van der Waals surface area contributed by atoms with E-state index in [2.05, 4.69) is 15.0 Å². The largest absolute Gasteiger partial charge is 0.467 e. The smallest absolute Gasteiger partial charge is 0.360 e. The Bertz CT molecular complexity index is 836. The number of ether oxygens (including phenoxy) is 1. The molecule has 0 bridgehead atoms. The van der Waals surface area contributed by atoms with Gasteiger partial charge in [-0.15, -0.1) is 11.6 Å². The minimum absolute atomic E-state index is 0.258. The van der Waals surface area contributed by atoms with Gasteiger partial charge in [-0.05, 0) is 19.1 Å². The van der Waals surface area contributed by atoms with E-state index in [4.69, 9.17) is 16.0 Å². The number of nitrogens with one attached hydrogen (secondary N) is 1. The Kier molecular flexibility index (Phi) is 5.05. The summed E-state index contributed by atoms with van der Waals surface area (Å²) < 4.78 is 9.81. The third kappa shape index (κ3) is 3.53. The zero-order chi connectivity index (χ0) is 17.1. The summed E-state index contributed by atoms with van der Waals surface area (Å²) >= 11 is 5.42. The van der Waals surface area contributed by atoms with Crippen molar-refractivity contribution in [3.05, 3.63) is 33.8 Å². The van der Waals surface area contributed by atoms with Crippen LogP contribution in [0.5, 0.6) is 0 Å². The maximum Gasteiger partial charge on any atom is 0.360 e. The van der Waals surface area contributed by atoms with Crippen molar-refractivity contribution >= 4 is 47.9 Å². The van der Waals surface area contributed by atoms with Crippen LogP contribution in [0.1, 0.15) is 17.3 Å². The molecule has 1 atom stereocenters. The van der Waals surface area contributed by atoms with Crippen molar-refractivity contribution in [2.75, 3.05) is 13.0 Å². The van der Waals surface area contributed by atoms with Crippen molar-refractivity contribution in [2.45, 2.75) is 13.0 Å². The second kappa shape index (κ2) is 6.83. The number of hydrogen-bond donors (Lipinski definition) is 1. The van der Waals surface area contributed by atoms with E-state index in [1.165, 1.54) is 0 Å². The van der Waals surface area contributed by atoms with Crippen LogP contribution in [0, 0.1) is 6.92 Å². The number of nitrogens with zero attached hydrogens (tertiary/aromatic N) is 1. The van der Waals surface area contributed by atoms with Gasteiger partial charge in [0.1, 0.15) is 19.2 Å². The molecule has 1 heterocycles. The number of fused-ring (bicyclic) bond motifs is 1. The lowest BCUT2D eigenvalue weighted by Gasteiger charge is -2.14. The van der Waals surface area contributed by atoms with Crippen LogP contribution in [0.2, 0.25) is 0 Å². The summed E-state index contributed by atoms with van der Waals surface area (Å²) in [7, 11) is 3.01. The molecular weight excluding hydrogens is 322 g/mol. The van der Waals surface area contributed by atoms with E-state index in [-0.39, 0.29) is 11.6 Å². The first-order chi connectivity index (χ1) is 10.9. The highest BCUT2D eigenvalue weighted by molar-refractivity contribution is 6.34. The van der Waals surface area contributed by atoms with E-state index in [1.807, 2.05) is 14.8 Å². The molecular formula is C14H14BClN2O5. The Morgan fingerprint density at radius 3 is 2.78 bits per heavy atom. The fraction of sp³-hybridized carbons (Fsp3) is 0.286. The number of alkyl halides is 1. The first kappa shape index (κ1) is 17.0. The molecule has 2 rings (SSSR count). The van der Waals surface area contributed by atoms with Gasteiger partial charge < -0.3 is 14.5 Å². The number of methoxy groups -OCH3 is 1. The Morgan fingerprint density at radius 2 is 2.17 bits per heavy atom. The molecule has 0 saturated heterocycles. The highest BCUT2D eigenvalue weighted by atomic mass is 35.5. The van der Waals surface area contributed by atoms with Crippen LogP contribution in [0.4, 0.5) is 0 Å². The number of carbonyl (C=O) groups excluding carboxylic acids is 2. The number of esters is 1. The second-order valence-electron chi connectivity index (χ2n) is 4.95. The van der Waals surface area contributed by atoms with E-state index in [0.29, 0.717) is 11.1 Å². The number of rotatable bonds is 4. The Labute approximate surface area is 137 Å². The van der Waals surface area contributed by atoms with Gasteiger partial charge >= 0.3 is 11.6 Å². The summed E-state index contributed by atoms with van der Waals surface area (Å²) in [6, 6.07) is 2.04. The van der Waals surface area contributed by atoms with Crippen molar-refractivity contribution in [2.24, 2.45) is 0 Å². The van der Waals surface area contributed by atoms with E-state index < -0.39 is 23.5 Å². The number of halogens is 1. The van der Waals surface area contributed by atoms with Crippen LogP contribution in [0.3, 0.4) is 0 Å². The number of aromatic nitrogens is 1. The van der Waals surface area contributed by atoms with Crippen LogP contribution < -0.4 is 16.4 Å². The molecule has 1 amide bonds. The topological polar surface area (TPSA) is 98.5 Å². The van der Waals surface area contributed by atoms with Gasteiger partial charge in [0.05, 0.1) is 7.11 Å². The molecule has 2 aromatic rings. The first-order valence-electron chi connectivity index (χ1n) is 6.72. The Hall–Kier alpha value is -2.35. The lowest BCUT2D eigenvalue weighted by atomic mass is 9.91. The molecule has 0 fully saturated rings. The number of aryl methyl sites for hydroxylation is 1. The lowest BCUT2D eigenvalue weighted by Crippen LogP contribution is -2.38. The van der Waals surface area contributed by atoms with Crippen LogP contribution in [-0.4, -0.2) is 37.7 Å². The van der Waals surface area contributed by atoms with E-state index in [9.17, 15) is 14.4 Å². The van der Waals surface area contributed by atoms with Gasteiger partial charge in [-0.2, -0.15) is 0 Å². The highest BCUT2D eigenvalue weighted by Crippen LogP contribution is 2.15. The maximum absolute atomic E-state index is 12.1. The van der Waals surface area contributed by atoms with Crippen molar-refractivity contribution in [1.82, 2.24) is 10.3 Å². The summed E-state index contributed by atoms with van der Waals surface area (Å²) in [5.74, 6) is -1.85. The average molecular weight is 337 g/mol. The summed E-state index contributed by atoms with van der Waals surface area (Å²) in [5.41, 5.74) is 1.50. The van der Waals surface area contributed by atoms with Gasteiger partial charge in [0, 0.05) is 0 Å². The zero-order valence-corrected chi connectivity index (χ0v) is 13.6. The molecule has 1 aromatic heterocycles. The number of hydrogen-bond acceptors (Lipinski definition) is 6. The number of amides is 1. The number of carbonyl (C=O) groups is 2. The molecule has 0 aliphatic rings. The molecule has 23 heavy (non-hydrogen) atoms. The molecule has 0 saturated carbocycles. The Balaban J connectivity index is 2.60. The number of benzene rings is 1. The molecule has 0 aliphatic carbocycles. The lowest BCUT2D eigenvalue weighted by molar-refractivity contribution is -0.145. The fourth-order valence-electron chi connectivity index (χ4n) is 2.01. The van der Waals surface area contributed by atoms with Gasteiger partial charge in [0.15, 0.2) is 17.3 Å². The monoisotopic (exact) mass is 336 g/mol. The molecule has 0 aliphatic heterocycles. The summed E-state index contributed by atoms with van der Waals surface area (Å²) in [5, 5.41) is 2.30. The van der Waals surface area contributed by atoms with Crippen LogP contribution in [0.25, 0.3) is 11.1 Å². The minimum Gasteiger partial charge on any atom is -0.467 e. The third-order valence-electron chi connectivity index (χ3n) is 3.37. The SMILES string of the molecule is Bc1cc2oc(=O)c(C(NC(=O)CCl)C(=O)OC)nc2cc1C. The van der Waals surface area contributed by atoms with Crippen molar-refractivity contribution in [3.8, 4) is 0 Å². The standard InChI is InChI=1S/C14H14BClN2O5/c1-6-3-8-9(4-7(6)15)23-14(21)12(17-8)11(13(20)22-2)18-10(19)5-16/h3-4,11H,5,15H2,1-2H3,(H,18,19). The molecule has 1 aromatic carbocycles. The van der Waals surface area contributed by atoms with Crippen LogP contribution in [0.15, 0.2) is 21.3 Å². The molecule has 7 nitrogen and oxygen atoms in total. The van der Waals surface area contributed by atoms with Crippen molar-refractivity contribution in [3.63, 3.8) is 0 Å². The fourth-order valence-corrected chi connectivity index (χ4v) is 2.09. The molecule has 0 radical (unpaired) electrons. The maximum atomic E-state index is 12.1. The van der Waals surface area contributed by atoms with Gasteiger partial charge in [0.25, 0.3) is 0 Å². The summed E-state index contributed by atoms with van der Waals surface area (Å²) in [6.07, 6.45) is 0. The third-order valence-corrected chi connectivity index (χ3v) is 3.61. The summed E-state index contributed by atoms with van der Waals surface area (Å²) in [6.45, 7) is 1.88. The van der Waals surface area contributed by atoms with E-state index in [1.54, 1.807) is 12.1 Å². The van der Waals surface area contributed by atoms with Crippen molar-refractivity contribution < 1.29 is 18.7 Å². The normalized spacial score (nSPS) is 12.0. The molecule has 9 heteroatoms. The zero-order valence-electron chi connectivity index (χ0n) is 12.8. The van der Waals surface area contributed by atoms with Gasteiger partial charge in [-0.3, -0.25) is 4.79 Å². The first-order valence-corrected chi connectivity index (χ1v) is 7.26. The van der Waals surface area contributed by atoms with Gasteiger partial charge in [-0.1, -0.05) is 11.0 Å². The predicted molar refractivity (Wildman–Crippen MR) is 86.8 cm³/mol. The van der Waals surface area contributed by atoms with Crippen LogP contribution >= 0.6 is 11.6 Å². The van der Waals surface area contributed by atoms with Crippen molar-refractivity contribution in [1.29, 1.82) is 0 Å². The summed E-state index contributed by atoms with van der Waals surface area (Å²) in [4.78, 5) is 39.7. The molecule has 1 N–H and O–H groups in total. The quantitative estimate of drug-likeness (QED) is 0.451. The van der Waals surface area contributed by atoms with Gasteiger partial charge in [0.2, 0.25) is 5.91 Å². The molecule has 120 valence electrons. The van der Waals surface area contributed by atoms with Gasteiger partial charge in [-0.25, -0.2) is 14.6 Å².